The van der Waals surface area contributed by atoms with Crippen molar-refractivity contribution in [2.45, 2.75) is 25.8 Å². The fraction of sp³-hybridized carbons (Fsp3) is 0.545. The third-order valence-electron chi connectivity index (χ3n) is 3.79. The quantitative estimate of drug-likeness (QED) is 0.852. The van der Waals surface area contributed by atoms with Crippen LogP contribution in [0.2, 0.25) is 0 Å². The Balaban J connectivity index is 1.93. The number of tetrazole rings is 1. The number of aliphatic carboxylic acids is 1. The van der Waals surface area contributed by atoms with Crippen molar-refractivity contribution < 1.29 is 9.90 Å². The van der Waals surface area contributed by atoms with Crippen molar-refractivity contribution in [1.82, 2.24) is 29.8 Å². The molecule has 0 aliphatic heterocycles. The van der Waals surface area contributed by atoms with Gasteiger partial charge >= 0.3 is 5.97 Å². The second-order valence-corrected chi connectivity index (χ2v) is 4.99. The highest BCUT2D eigenvalue weighted by atomic mass is 16.4. The largest absolute Gasteiger partial charge is 0.481 e. The minimum Gasteiger partial charge on any atom is -0.481 e. The number of hydrogen-bond donors (Lipinski definition) is 1. The standard InChI is InChI=1S/C11H14N6O2/c1-16-7-12-5-8(16)9-13-14-15-17(9)6-11(10(18)19)3-2-4-11/h5,7H,2-4,6H2,1H3,(H,18,19). The molecule has 1 fully saturated rings. The number of imidazole rings is 1. The van der Waals surface area contributed by atoms with Gasteiger partial charge in [-0.1, -0.05) is 6.42 Å². The highest BCUT2D eigenvalue weighted by molar-refractivity contribution is 5.75. The summed E-state index contributed by atoms with van der Waals surface area (Å²) in [5, 5.41) is 20.9. The molecule has 8 heteroatoms. The van der Waals surface area contributed by atoms with E-state index in [0.29, 0.717) is 25.2 Å². The minimum absolute atomic E-state index is 0.301. The monoisotopic (exact) mass is 262 g/mol. The molecule has 1 saturated carbocycles. The Bertz CT molecular complexity index is 612. The van der Waals surface area contributed by atoms with E-state index < -0.39 is 11.4 Å². The molecule has 19 heavy (non-hydrogen) atoms. The van der Waals surface area contributed by atoms with Crippen LogP contribution in [0.25, 0.3) is 11.5 Å². The molecule has 0 unspecified atom stereocenters. The van der Waals surface area contributed by atoms with Crippen LogP contribution in [0.3, 0.4) is 0 Å². The number of nitrogens with zero attached hydrogens (tertiary/aromatic N) is 6. The molecule has 1 N–H and O–H groups in total. The second-order valence-electron chi connectivity index (χ2n) is 4.99. The Hall–Kier alpha value is -2.25. The van der Waals surface area contributed by atoms with Crippen molar-refractivity contribution >= 4 is 5.97 Å². The summed E-state index contributed by atoms with van der Waals surface area (Å²) in [7, 11) is 1.84. The van der Waals surface area contributed by atoms with Crippen LogP contribution in [0.15, 0.2) is 12.5 Å². The lowest BCUT2D eigenvalue weighted by Crippen LogP contribution is -2.42. The normalized spacial score (nSPS) is 17.1. The molecule has 2 aromatic heterocycles. The molecule has 0 bridgehead atoms. The Labute approximate surface area is 109 Å². The Kier molecular flexibility index (Phi) is 2.58. The average Bonchev–Trinajstić information content (AvgIpc) is 2.91. The smallest absolute Gasteiger partial charge is 0.311 e. The molecule has 1 aliphatic carbocycles. The molecule has 3 rings (SSSR count). The lowest BCUT2D eigenvalue weighted by Gasteiger charge is -2.37. The van der Waals surface area contributed by atoms with Gasteiger partial charge in [-0.15, -0.1) is 5.10 Å². The minimum atomic E-state index is -0.773. The molecule has 2 heterocycles. The van der Waals surface area contributed by atoms with Gasteiger partial charge in [-0.05, 0) is 23.3 Å². The molecule has 2 aromatic rings. The number of carbonyl (C=O) groups is 1. The van der Waals surface area contributed by atoms with Crippen molar-refractivity contribution in [2.24, 2.45) is 12.5 Å². The summed E-state index contributed by atoms with van der Waals surface area (Å²) in [4.78, 5) is 15.4. The lowest BCUT2D eigenvalue weighted by atomic mass is 9.69. The molecule has 0 atom stereocenters. The van der Waals surface area contributed by atoms with Gasteiger partial charge in [0.05, 0.1) is 24.5 Å². The van der Waals surface area contributed by atoms with Gasteiger partial charge < -0.3 is 9.67 Å². The van der Waals surface area contributed by atoms with E-state index in [2.05, 4.69) is 20.5 Å². The molecule has 100 valence electrons. The summed E-state index contributed by atoms with van der Waals surface area (Å²) in [5.74, 6) is -0.224. The molecule has 0 radical (unpaired) electrons. The van der Waals surface area contributed by atoms with Crippen LogP contribution in [0.4, 0.5) is 0 Å². The Morgan fingerprint density at radius 1 is 1.53 bits per heavy atom. The first-order valence-corrected chi connectivity index (χ1v) is 6.09. The van der Waals surface area contributed by atoms with E-state index in [-0.39, 0.29) is 0 Å². The zero-order chi connectivity index (χ0) is 13.5. The van der Waals surface area contributed by atoms with E-state index in [1.54, 1.807) is 21.8 Å². The van der Waals surface area contributed by atoms with E-state index in [9.17, 15) is 9.90 Å². The summed E-state index contributed by atoms with van der Waals surface area (Å²) in [5.41, 5.74) is 0.0489. The number of carboxylic acid groups (broad SMARTS) is 1. The molecule has 0 spiro atoms. The second kappa shape index (κ2) is 4.15. The molecule has 1 aliphatic rings. The summed E-state index contributed by atoms with van der Waals surface area (Å²) >= 11 is 0. The lowest BCUT2D eigenvalue weighted by molar-refractivity contribution is -0.156. The maximum atomic E-state index is 11.4. The first-order chi connectivity index (χ1) is 9.12. The SMILES string of the molecule is Cn1cncc1-c1nnnn1CC1(C(=O)O)CCC1. The zero-order valence-corrected chi connectivity index (χ0v) is 10.5. The van der Waals surface area contributed by atoms with Gasteiger partial charge in [-0.2, -0.15) is 0 Å². The maximum Gasteiger partial charge on any atom is 0.311 e. The van der Waals surface area contributed by atoms with Crippen molar-refractivity contribution in [3.63, 3.8) is 0 Å². The van der Waals surface area contributed by atoms with Crippen molar-refractivity contribution in [1.29, 1.82) is 0 Å². The molecule has 0 amide bonds. The number of rotatable bonds is 4. The Morgan fingerprint density at radius 3 is 2.84 bits per heavy atom. The van der Waals surface area contributed by atoms with E-state index >= 15 is 0 Å². The summed E-state index contributed by atoms with van der Waals surface area (Å²) in [6.45, 7) is 0.301. The van der Waals surface area contributed by atoms with Gasteiger partial charge in [-0.25, -0.2) is 9.67 Å². The van der Waals surface area contributed by atoms with E-state index in [1.807, 2.05) is 7.05 Å². The van der Waals surface area contributed by atoms with Gasteiger partial charge in [0.25, 0.3) is 0 Å². The topological polar surface area (TPSA) is 98.7 Å². The first kappa shape index (κ1) is 11.8. The van der Waals surface area contributed by atoms with Gasteiger partial charge in [0.15, 0.2) is 5.82 Å². The van der Waals surface area contributed by atoms with Gasteiger partial charge in [-0.3, -0.25) is 4.79 Å². The fourth-order valence-electron chi connectivity index (χ4n) is 2.40. The van der Waals surface area contributed by atoms with Crippen LogP contribution in [0.5, 0.6) is 0 Å². The predicted octanol–water partition coefficient (Wildman–Crippen LogP) is 0.328. The van der Waals surface area contributed by atoms with Crippen LogP contribution in [0, 0.1) is 5.41 Å². The zero-order valence-electron chi connectivity index (χ0n) is 10.5. The number of hydrogen-bond acceptors (Lipinski definition) is 5. The summed E-state index contributed by atoms with van der Waals surface area (Å²) in [6.07, 6.45) is 5.61. The highest BCUT2D eigenvalue weighted by Crippen LogP contribution is 2.42. The predicted molar refractivity (Wildman–Crippen MR) is 63.9 cm³/mol. The third-order valence-corrected chi connectivity index (χ3v) is 3.79. The molecule has 0 saturated heterocycles. The summed E-state index contributed by atoms with van der Waals surface area (Å²) in [6, 6.07) is 0. The molecule has 8 nitrogen and oxygen atoms in total. The first-order valence-electron chi connectivity index (χ1n) is 6.09. The van der Waals surface area contributed by atoms with Gasteiger partial charge in [0.2, 0.25) is 0 Å². The van der Waals surface area contributed by atoms with E-state index in [0.717, 1.165) is 12.1 Å². The van der Waals surface area contributed by atoms with Gasteiger partial charge in [0, 0.05) is 7.05 Å². The molecule has 0 aromatic carbocycles. The molecular weight excluding hydrogens is 248 g/mol. The van der Waals surface area contributed by atoms with Crippen LogP contribution in [0.1, 0.15) is 19.3 Å². The van der Waals surface area contributed by atoms with Crippen LogP contribution < -0.4 is 0 Å². The highest BCUT2D eigenvalue weighted by Gasteiger charge is 2.45. The van der Waals surface area contributed by atoms with Crippen molar-refractivity contribution in [3.8, 4) is 11.5 Å². The summed E-state index contributed by atoms with van der Waals surface area (Å²) < 4.78 is 3.36. The van der Waals surface area contributed by atoms with Crippen molar-refractivity contribution in [3.05, 3.63) is 12.5 Å². The van der Waals surface area contributed by atoms with Crippen LogP contribution in [-0.2, 0) is 18.4 Å². The Morgan fingerprint density at radius 2 is 2.32 bits per heavy atom. The molecular formula is C11H14N6O2. The van der Waals surface area contributed by atoms with Crippen LogP contribution in [-0.4, -0.2) is 40.8 Å². The van der Waals surface area contributed by atoms with Gasteiger partial charge in [0.1, 0.15) is 5.69 Å². The van der Waals surface area contributed by atoms with E-state index in [4.69, 9.17) is 0 Å². The number of carboxylic acids is 1. The van der Waals surface area contributed by atoms with Crippen LogP contribution >= 0.6 is 0 Å². The fourth-order valence-corrected chi connectivity index (χ4v) is 2.40. The van der Waals surface area contributed by atoms with E-state index in [1.165, 1.54) is 0 Å². The van der Waals surface area contributed by atoms with Crippen molar-refractivity contribution in [2.75, 3.05) is 0 Å². The maximum absolute atomic E-state index is 11.4. The number of aryl methyl sites for hydroxylation is 1. The third kappa shape index (κ3) is 1.79. The average molecular weight is 262 g/mol. The number of aromatic nitrogens is 6.